The number of allylic oxidation sites excluding steroid dienone is 4. The number of nitrogens with zero attached hydrogens (tertiary/aromatic N) is 1. The number of carbonyl (C=O) groups excluding carboxylic acids is 2. The van der Waals surface area contributed by atoms with E-state index in [1.54, 1.807) is 0 Å². The number of imide groups is 1. The number of anilines is 1. The number of amides is 2. The molecule has 3 heteroatoms. The lowest BCUT2D eigenvalue weighted by molar-refractivity contribution is -0.133. The molecule has 4 aliphatic carbocycles. The van der Waals surface area contributed by atoms with Gasteiger partial charge in [-0.25, -0.2) is 4.90 Å². The standard InChI is InChI=1S/C35H33NO2/c1-22-7-5-10-28(19-22)36-34(37)31-12-6-11-30-29(17-18-32(33(30)31)35(36)38)27-16-15-25-20-24(13-14-26(25)21-27)23-8-3-2-4-9-23/h5,7,10,13-14,17-21,23,30-31,33H,2-4,6,8-9,11-12H2,1H3. The van der Waals surface area contributed by atoms with E-state index >= 15 is 0 Å². The van der Waals surface area contributed by atoms with Gasteiger partial charge in [-0.2, -0.15) is 0 Å². The van der Waals surface area contributed by atoms with Gasteiger partial charge in [-0.1, -0.05) is 73.6 Å². The molecule has 190 valence electrons. The highest BCUT2D eigenvalue weighted by Crippen LogP contribution is 2.50. The molecule has 5 aliphatic rings. The Morgan fingerprint density at radius 3 is 2.47 bits per heavy atom. The number of benzene rings is 2. The third kappa shape index (κ3) is 3.81. The molecule has 2 aromatic carbocycles. The number of carbonyl (C=O) groups is 2. The Morgan fingerprint density at radius 1 is 0.816 bits per heavy atom. The number of fused-ring (bicyclic) bond motifs is 1. The minimum absolute atomic E-state index is 0.0435. The van der Waals surface area contributed by atoms with Crippen molar-refractivity contribution in [3.05, 3.63) is 98.6 Å². The summed E-state index contributed by atoms with van der Waals surface area (Å²) in [4.78, 5) is 28.9. The van der Waals surface area contributed by atoms with Gasteiger partial charge >= 0.3 is 0 Å². The maximum absolute atomic E-state index is 13.7. The van der Waals surface area contributed by atoms with E-state index in [9.17, 15) is 9.59 Å². The maximum atomic E-state index is 13.7. The van der Waals surface area contributed by atoms with Crippen LogP contribution in [0, 0.1) is 24.7 Å². The smallest absolute Gasteiger partial charge is 0.261 e. The third-order valence-electron chi connectivity index (χ3n) is 9.44. The van der Waals surface area contributed by atoms with E-state index in [1.807, 2.05) is 37.3 Å². The van der Waals surface area contributed by atoms with Crippen LogP contribution in [0.15, 0.2) is 77.1 Å². The summed E-state index contributed by atoms with van der Waals surface area (Å²) in [6, 6.07) is 14.6. The van der Waals surface area contributed by atoms with Crippen molar-refractivity contribution >= 4 is 29.3 Å². The lowest BCUT2D eigenvalue weighted by Gasteiger charge is -2.46. The largest absolute Gasteiger partial charge is 0.274 e. The van der Waals surface area contributed by atoms with Crippen LogP contribution < -0.4 is 15.3 Å². The molecule has 1 saturated heterocycles. The Balaban J connectivity index is 1.28. The van der Waals surface area contributed by atoms with E-state index in [1.165, 1.54) is 53.4 Å². The van der Waals surface area contributed by atoms with Gasteiger partial charge in [0, 0.05) is 28.2 Å². The predicted molar refractivity (Wildman–Crippen MR) is 151 cm³/mol. The van der Waals surface area contributed by atoms with Gasteiger partial charge in [-0.05, 0) is 90.6 Å². The van der Waals surface area contributed by atoms with Crippen LogP contribution in [0.1, 0.15) is 68.4 Å². The van der Waals surface area contributed by atoms with E-state index in [0.717, 1.165) is 41.2 Å². The zero-order valence-electron chi connectivity index (χ0n) is 22.0. The molecule has 2 saturated carbocycles. The molecule has 3 nitrogen and oxygen atoms in total. The van der Waals surface area contributed by atoms with Crippen LogP contribution in [-0.2, 0) is 9.59 Å². The van der Waals surface area contributed by atoms with E-state index in [0.29, 0.717) is 11.6 Å². The van der Waals surface area contributed by atoms with Crippen LogP contribution in [0.25, 0.3) is 11.8 Å². The van der Waals surface area contributed by atoms with E-state index in [4.69, 9.17) is 0 Å². The molecule has 2 aromatic rings. The van der Waals surface area contributed by atoms with Gasteiger partial charge in [-0.15, -0.1) is 0 Å². The fraction of sp³-hybridized carbons (Fsp3) is 0.371. The van der Waals surface area contributed by atoms with Crippen LogP contribution in [-0.4, -0.2) is 11.8 Å². The van der Waals surface area contributed by atoms with Crippen molar-refractivity contribution in [2.75, 3.05) is 4.90 Å². The highest BCUT2D eigenvalue weighted by atomic mass is 16.2. The van der Waals surface area contributed by atoms with E-state index in [-0.39, 0.29) is 29.6 Å². The number of piperidine rings is 1. The number of aryl methyl sites for hydroxylation is 1. The highest BCUT2D eigenvalue weighted by Gasteiger charge is 2.51. The second-order valence-electron chi connectivity index (χ2n) is 11.7. The molecule has 0 aromatic heterocycles. The van der Waals surface area contributed by atoms with Gasteiger partial charge in [0.25, 0.3) is 5.91 Å². The fourth-order valence-corrected chi connectivity index (χ4v) is 7.56. The molecule has 3 atom stereocenters. The van der Waals surface area contributed by atoms with Crippen molar-refractivity contribution in [1.82, 2.24) is 0 Å². The molecular formula is C35H33NO2. The first-order valence-electron chi connectivity index (χ1n) is 14.3. The molecule has 0 bridgehead atoms. The predicted octanol–water partition coefficient (Wildman–Crippen LogP) is 5.77. The normalized spacial score (nSPS) is 26.4. The molecule has 0 N–H and O–H groups in total. The van der Waals surface area contributed by atoms with Gasteiger partial charge in [0.15, 0.2) is 0 Å². The molecule has 3 unspecified atom stereocenters. The average molecular weight is 500 g/mol. The van der Waals surface area contributed by atoms with Crippen LogP contribution in [0.4, 0.5) is 5.69 Å². The molecule has 3 fully saturated rings. The Labute approximate surface area is 224 Å². The van der Waals surface area contributed by atoms with Crippen molar-refractivity contribution in [2.24, 2.45) is 17.8 Å². The van der Waals surface area contributed by atoms with Crippen molar-refractivity contribution in [2.45, 2.75) is 64.2 Å². The van der Waals surface area contributed by atoms with Gasteiger partial charge < -0.3 is 0 Å². The summed E-state index contributed by atoms with van der Waals surface area (Å²) in [7, 11) is 0. The zero-order valence-corrected chi connectivity index (χ0v) is 22.0. The summed E-state index contributed by atoms with van der Waals surface area (Å²) in [5, 5.41) is 2.31. The molecule has 38 heavy (non-hydrogen) atoms. The first-order chi connectivity index (χ1) is 18.6. The van der Waals surface area contributed by atoms with Crippen molar-refractivity contribution in [3.8, 4) is 0 Å². The number of rotatable bonds is 3. The highest BCUT2D eigenvalue weighted by molar-refractivity contribution is 6.24. The Kier molecular flexibility index (Phi) is 5.73. The van der Waals surface area contributed by atoms with Gasteiger partial charge in [0.05, 0.1) is 5.69 Å². The minimum Gasteiger partial charge on any atom is -0.274 e. The summed E-state index contributed by atoms with van der Waals surface area (Å²) in [6.07, 6.45) is 15.7. The summed E-state index contributed by atoms with van der Waals surface area (Å²) in [5.74, 6) is 0.411. The first-order valence-corrected chi connectivity index (χ1v) is 14.3. The van der Waals surface area contributed by atoms with E-state index < -0.39 is 0 Å². The summed E-state index contributed by atoms with van der Waals surface area (Å²) < 4.78 is 0. The molecule has 7 rings (SSSR count). The van der Waals surface area contributed by atoms with Crippen molar-refractivity contribution in [3.63, 3.8) is 0 Å². The summed E-state index contributed by atoms with van der Waals surface area (Å²) >= 11 is 0. The lowest BCUT2D eigenvalue weighted by Crippen LogP contribution is -2.54. The van der Waals surface area contributed by atoms with Crippen LogP contribution in [0.3, 0.4) is 0 Å². The quantitative estimate of drug-likeness (QED) is 0.397. The third-order valence-corrected chi connectivity index (χ3v) is 9.44. The monoisotopic (exact) mass is 499 g/mol. The average Bonchev–Trinajstić information content (AvgIpc) is 2.95. The van der Waals surface area contributed by atoms with Crippen LogP contribution in [0.5, 0.6) is 0 Å². The Hall–Kier alpha value is -3.64. The van der Waals surface area contributed by atoms with Crippen LogP contribution in [0.2, 0.25) is 0 Å². The minimum atomic E-state index is -0.163. The van der Waals surface area contributed by atoms with E-state index in [2.05, 4.69) is 41.8 Å². The van der Waals surface area contributed by atoms with Crippen molar-refractivity contribution in [1.29, 1.82) is 0 Å². The van der Waals surface area contributed by atoms with Gasteiger partial charge in [0.1, 0.15) is 0 Å². The fourth-order valence-electron chi connectivity index (χ4n) is 7.56. The second-order valence-corrected chi connectivity index (χ2v) is 11.7. The maximum Gasteiger partial charge on any atom is 0.261 e. The second kappa shape index (κ2) is 9.28. The molecule has 2 amide bonds. The lowest BCUT2D eigenvalue weighted by atomic mass is 9.61. The number of hydrogen-bond acceptors (Lipinski definition) is 2. The van der Waals surface area contributed by atoms with Crippen molar-refractivity contribution < 1.29 is 9.59 Å². The van der Waals surface area contributed by atoms with Gasteiger partial charge in [-0.3, -0.25) is 9.59 Å². The SMILES string of the molecule is Cc1cccc(N2C(=O)C3=CC=C(C4=C=C=c5cc(C6CCCCC6)ccc5=C4)C4CCCC(C2=O)C34)c1. The van der Waals surface area contributed by atoms with Gasteiger partial charge in [0.2, 0.25) is 5.91 Å². The molecule has 0 radical (unpaired) electrons. The molecule has 1 aliphatic heterocycles. The Bertz CT molecular complexity index is 1620. The van der Waals surface area contributed by atoms with Crippen LogP contribution >= 0.6 is 0 Å². The summed E-state index contributed by atoms with van der Waals surface area (Å²) in [6.45, 7) is 1.99. The topological polar surface area (TPSA) is 37.4 Å². The zero-order chi connectivity index (χ0) is 25.8. The molecule has 0 spiro atoms. The number of hydrogen-bond donors (Lipinski definition) is 0. The molecule has 1 heterocycles. The Morgan fingerprint density at radius 2 is 1.63 bits per heavy atom. The first kappa shape index (κ1) is 23.5. The summed E-state index contributed by atoms with van der Waals surface area (Å²) in [5.41, 5.74) is 13.1. The molecular weight excluding hydrogens is 466 g/mol.